The van der Waals surface area contributed by atoms with E-state index in [1.54, 1.807) is 13.0 Å². The highest BCUT2D eigenvalue weighted by Crippen LogP contribution is 2.31. The fourth-order valence-electron chi connectivity index (χ4n) is 1.72. The van der Waals surface area contributed by atoms with Crippen molar-refractivity contribution in [3.05, 3.63) is 42.0 Å². The molecule has 2 aromatic rings. The zero-order valence-electron chi connectivity index (χ0n) is 7.94. The maximum atomic E-state index is 9.62. The first-order chi connectivity index (χ1) is 6.70. The van der Waals surface area contributed by atoms with Crippen molar-refractivity contribution < 1.29 is 10.2 Å². The van der Waals surface area contributed by atoms with Gasteiger partial charge in [-0.15, -0.1) is 0 Å². The Kier molecular flexibility index (Phi) is 2.14. The van der Waals surface area contributed by atoms with Gasteiger partial charge in [0.1, 0.15) is 5.75 Å². The Labute approximate surface area is 82.4 Å². The Hall–Kier alpha value is -1.54. The molecule has 0 spiro atoms. The molecule has 0 unspecified atom stereocenters. The van der Waals surface area contributed by atoms with Crippen LogP contribution in [0.5, 0.6) is 5.75 Å². The molecule has 0 fully saturated rings. The number of rotatable bonds is 1. The van der Waals surface area contributed by atoms with Crippen molar-refractivity contribution in [2.24, 2.45) is 0 Å². The normalized spacial score (nSPS) is 13.0. The minimum Gasteiger partial charge on any atom is -0.508 e. The number of phenols is 1. The summed E-state index contributed by atoms with van der Waals surface area (Å²) < 4.78 is 0. The summed E-state index contributed by atoms with van der Waals surface area (Å²) in [6.45, 7) is 1.65. The van der Waals surface area contributed by atoms with Gasteiger partial charge >= 0.3 is 0 Å². The lowest BCUT2D eigenvalue weighted by Crippen LogP contribution is -1.93. The third-order valence-electron chi connectivity index (χ3n) is 2.37. The molecule has 72 valence electrons. The molecule has 2 rings (SSSR count). The van der Waals surface area contributed by atoms with E-state index in [0.717, 1.165) is 10.8 Å². The molecule has 0 heterocycles. The Balaban J connectivity index is 2.83. The van der Waals surface area contributed by atoms with E-state index in [1.165, 1.54) is 0 Å². The minimum atomic E-state index is -0.652. The van der Waals surface area contributed by atoms with E-state index >= 15 is 0 Å². The van der Waals surface area contributed by atoms with Gasteiger partial charge < -0.3 is 10.2 Å². The first-order valence-corrected chi connectivity index (χ1v) is 4.59. The van der Waals surface area contributed by atoms with E-state index in [-0.39, 0.29) is 5.75 Å². The summed E-state index contributed by atoms with van der Waals surface area (Å²) in [5.74, 6) is 0.152. The highest BCUT2D eigenvalue weighted by atomic mass is 16.3. The second-order valence-corrected chi connectivity index (χ2v) is 3.40. The highest BCUT2D eigenvalue weighted by molar-refractivity contribution is 5.87. The quantitative estimate of drug-likeness (QED) is 0.722. The zero-order chi connectivity index (χ0) is 10.1. The predicted octanol–water partition coefficient (Wildman–Crippen LogP) is 2.60. The van der Waals surface area contributed by atoms with Gasteiger partial charge in [-0.05, 0) is 23.8 Å². The Bertz CT molecular complexity index is 461. The van der Waals surface area contributed by atoms with Gasteiger partial charge in [0, 0.05) is 5.56 Å². The summed E-state index contributed by atoms with van der Waals surface area (Å²) in [7, 11) is 0. The van der Waals surface area contributed by atoms with Crippen molar-refractivity contribution in [1.29, 1.82) is 0 Å². The lowest BCUT2D eigenvalue weighted by atomic mass is 10.0. The number of fused-ring (bicyclic) bond motifs is 1. The number of benzene rings is 2. The monoisotopic (exact) mass is 188 g/mol. The molecule has 0 aliphatic rings. The topological polar surface area (TPSA) is 40.5 Å². The average molecular weight is 188 g/mol. The van der Waals surface area contributed by atoms with E-state index in [1.807, 2.05) is 30.3 Å². The van der Waals surface area contributed by atoms with Crippen LogP contribution in [-0.4, -0.2) is 10.2 Å². The molecule has 2 aromatic carbocycles. The van der Waals surface area contributed by atoms with Gasteiger partial charge in [0.15, 0.2) is 0 Å². The summed E-state index contributed by atoms with van der Waals surface area (Å²) in [6.07, 6.45) is -0.652. The molecule has 1 atom stereocenters. The van der Waals surface area contributed by atoms with Crippen molar-refractivity contribution in [2.75, 3.05) is 0 Å². The van der Waals surface area contributed by atoms with Crippen LogP contribution >= 0.6 is 0 Å². The summed E-state index contributed by atoms with van der Waals surface area (Å²) in [4.78, 5) is 0. The van der Waals surface area contributed by atoms with Gasteiger partial charge in [-0.25, -0.2) is 0 Å². The van der Waals surface area contributed by atoms with Gasteiger partial charge in [-0.3, -0.25) is 0 Å². The van der Waals surface area contributed by atoms with Crippen LogP contribution in [0.3, 0.4) is 0 Å². The maximum absolute atomic E-state index is 9.62. The molecular weight excluding hydrogens is 176 g/mol. The zero-order valence-corrected chi connectivity index (χ0v) is 7.94. The standard InChI is InChI=1S/C12H12O2/c1-8(13)12-10-5-3-2-4-9(10)6-7-11(12)14/h2-8,13-14H,1H3/t8-/m1/s1. The molecule has 0 radical (unpaired) electrons. The number of phenolic OH excluding ortho intramolecular Hbond substituents is 1. The van der Waals surface area contributed by atoms with Crippen molar-refractivity contribution in [3.63, 3.8) is 0 Å². The Morgan fingerprint density at radius 1 is 1.07 bits per heavy atom. The second kappa shape index (κ2) is 3.31. The smallest absolute Gasteiger partial charge is 0.122 e. The van der Waals surface area contributed by atoms with Crippen molar-refractivity contribution in [1.82, 2.24) is 0 Å². The predicted molar refractivity (Wildman–Crippen MR) is 56.2 cm³/mol. The lowest BCUT2D eigenvalue weighted by molar-refractivity contribution is 0.196. The van der Waals surface area contributed by atoms with E-state index in [9.17, 15) is 10.2 Å². The lowest BCUT2D eigenvalue weighted by Gasteiger charge is -2.11. The van der Waals surface area contributed by atoms with Crippen LogP contribution in [0.15, 0.2) is 36.4 Å². The molecule has 0 saturated carbocycles. The number of aliphatic hydroxyl groups excluding tert-OH is 1. The fourth-order valence-corrected chi connectivity index (χ4v) is 1.72. The molecule has 0 saturated heterocycles. The fraction of sp³-hybridized carbons (Fsp3) is 0.167. The number of hydrogen-bond donors (Lipinski definition) is 2. The molecule has 2 N–H and O–H groups in total. The molecule has 14 heavy (non-hydrogen) atoms. The molecule has 2 nitrogen and oxygen atoms in total. The Morgan fingerprint density at radius 3 is 2.50 bits per heavy atom. The highest BCUT2D eigenvalue weighted by Gasteiger charge is 2.10. The largest absolute Gasteiger partial charge is 0.508 e. The molecule has 2 heteroatoms. The van der Waals surface area contributed by atoms with Gasteiger partial charge in [-0.1, -0.05) is 30.3 Å². The van der Waals surface area contributed by atoms with E-state index in [2.05, 4.69) is 0 Å². The van der Waals surface area contributed by atoms with Gasteiger partial charge in [0.25, 0.3) is 0 Å². The summed E-state index contributed by atoms with van der Waals surface area (Å²) >= 11 is 0. The summed E-state index contributed by atoms with van der Waals surface area (Å²) in [5, 5.41) is 21.1. The average Bonchev–Trinajstić information content (AvgIpc) is 2.17. The molecule has 0 aliphatic carbocycles. The molecular formula is C12H12O2. The van der Waals surface area contributed by atoms with Gasteiger partial charge in [0.05, 0.1) is 6.10 Å². The van der Waals surface area contributed by atoms with Crippen LogP contribution in [0.2, 0.25) is 0 Å². The summed E-state index contributed by atoms with van der Waals surface area (Å²) in [5.41, 5.74) is 0.600. The van der Waals surface area contributed by atoms with Crippen molar-refractivity contribution >= 4 is 10.8 Å². The second-order valence-electron chi connectivity index (χ2n) is 3.40. The molecule has 0 amide bonds. The van der Waals surface area contributed by atoms with Crippen molar-refractivity contribution in [3.8, 4) is 5.75 Å². The Morgan fingerprint density at radius 2 is 1.79 bits per heavy atom. The first-order valence-electron chi connectivity index (χ1n) is 4.59. The third kappa shape index (κ3) is 1.34. The molecule has 0 aliphatic heterocycles. The number of aromatic hydroxyl groups is 1. The maximum Gasteiger partial charge on any atom is 0.122 e. The van der Waals surface area contributed by atoms with Crippen LogP contribution in [0, 0.1) is 0 Å². The van der Waals surface area contributed by atoms with Crippen LogP contribution in [-0.2, 0) is 0 Å². The molecule has 0 aromatic heterocycles. The number of hydrogen-bond acceptors (Lipinski definition) is 2. The van der Waals surface area contributed by atoms with Crippen molar-refractivity contribution in [2.45, 2.75) is 13.0 Å². The van der Waals surface area contributed by atoms with Gasteiger partial charge in [0.2, 0.25) is 0 Å². The number of aliphatic hydroxyl groups is 1. The van der Waals surface area contributed by atoms with Gasteiger partial charge in [-0.2, -0.15) is 0 Å². The van der Waals surface area contributed by atoms with Crippen LogP contribution in [0.1, 0.15) is 18.6 Å². The first kappa shape index (κ1) is 9.03. The molecule has 0 bridgehead atoms. The van der Waals surface area contributed by atoms with E-state index in [0.29, 0.717) is 5.56 Å². The van der Waals surface area contributed by atoms with Crippen LogP contribution in [0.25, 0.3) is 10.8 Å². The van der Waals surface area contributed by atoms with E-state index < -0.39 is 6.10 Å². The third-order valence-corrected chi connectivity index (χ3v) is 2.37. The van der Waals surface area contributed by atoms with Crippen LogP contribution in [0.4, 0.5) is 0 Å². The SMILES string of the molecule is C[C@@H](O)c1c(O)ccc2ccccc12. The minimum absolute atomic E-state index is 0.152. The van der Waals surface area contributed by atoms with Crippen LogP contribution < -0.4 is 0 Å². The van der Waals surface area contributed by atoms with E-state index in [4.69, 9.17) is 0 Å². The summed E-state index contributed by atoms with van der Waals surface area (Å²) in [6, 6.07) is 11.2.